The van der Waals surface area contributed by atoms with Crippen LogP contribution < -0.4 is 5.32 Å². The van der Waals surface area contributed by atoms with Crippen LogP contribution >= 0.6 is 12.4 Å². The van der Waals surface area contributed by atoms with Crippen molar-refractivity contribution in [2.24, 2.45) is 0 Å². The lowest BCUT2D eigenvalue weighted by Crippen LogP contribution is -2.36. The Morgan fingerprint density at radius 1 is 1.73 bits per heavy atom. The van der Waals surface area contributed by atoms with E-state index in [0.29, 0.717) is 6.61 Å². The van der Waals surface area contributed by atoms with Gasteiger partial charge in [0.2, 0.25) is 0 Å². The highest BCUT2D eigenvalue weighted by molar-refractivity contribution is 5.85. The van der Waals surface area contributed by atoms with Gasteiger partial charge < -0.3 is 9.72 Å². The summed E-state index contributed by atoms with van der Waals surface area (Å²) < 4.78 is 4.95. The lowest BCUT2D eigenvalue weighted by Gasteiger charge is -2.20. The maximum absolute atomic E-state index is 11.5. The third-order valence-corrected chi connectivity index (χ3v) is 2.27. The Hall–Kier alpha value is -1.07. The highest BCUT2D eigenvalue weighted by Gasteiger charge is 2.29. The van der Waals surface area contributed by atoms with Gasteiger partial charge >= 0.3 is 5.97 Å². The molecule has 1 atom stereocenters. The second-order valence-electron chi connectivity index (χ2n) is 3.16. The smallest absolute Gasteiger partial charge is 0.329 e. The minimum Gasteiger partial charge on any atom is -0.465 e. The van der Waals surface area contributed by atoms with Crippen LogP contribution in [0.4, 0.5) is 0 Å². The SMILES string of the molecule is CCOC(=O)C1NCCc2[nH]cnc21.Cl. The predicted molar refractivity (Wildman–Crippen MR) is 56.9 cm³/mol. The van der Waals surface area contributed by atoms with Crippen LogP contribution in [0.15, 0.2) is 6.33 Å². The van der Waals surface area contributed by atoms with Gasteiger partial charge in [0, 0.05) is 18.7 Å². The summed E-state index contributed by atoms with van der Waals surface area (Å²) >= 11 is 0. The Kier molecular flexibility index (Phi) is 4.11. The first-order chi connectivity index (χ1) is 6.83. The van der Waals surface area contributed by atoms with Crippen molar-refractivity contribution in [3.05, 3.63) is 17.7 Å². The van der Waals surface area contributed by atoms with Gasteiger partial charge in [0.25, 0.3) is 0 Å². The summed E-state index contributed by atoms with van der Waals surface area (Å²) in [7, 11) is 0. The first-order valence-corrected chi connectivity index (χ1v) is 4.75. The highest BCUT2D eigenvalue weighted by Crippen LogP contribution is 2.19. The van der Waals surface area contributed by atoms with Crippen LogP contribution in [0.5, 0.6) is 0 Å². The second-order valence-corrected chi connectivity index (χ2v) is 3.16. The van der Waals surface area contributed by atoms with Gasteiger partial charge in [0.15, 0.2) is 6.04 Å². The molecule has 1 aromatic rings. The van der Waals surface area contributed by atoms with Crippen LogP contribution in [0, 0.1) is 0 Å². The van der Waals surface area contributed by atoms with Crippen LogP contribution in [0.1, 0.15) is 24.4 Å². The minimum absolute atomic E-state index is 0. The van der Waals surface area contributed by atoms with Crippen molar-refractivity contribution < 1.29 is 9.53 Å². The molecule has 0 radical (unpaired) electrons. The lowest BCUT2D eigenvalue weighted by atomic mass is 10.1. The average Bonchev–Trinajstić information content (AvgIpc) is 2.65. The predicted octanol–water partition coefficient (Wildman–Crippen LogP) is 0.581. The van der Waals surface area contributed by atoms with E-state index in [-0.39, 0.29) is 18.4 Å². The Morgan fingerprint density at radius 3 is 3.27 bits per heavy atom. The number of halogens is 1. The number of fused-ring (bicyclic) bond motifs is 1. The van der Waals surface area contributed by atoms with Gasteiger partial charge in [-0.3, -0.25) is 5.32 Å². The number of hydrogen-bond donors (Lipinski definition) is 2. The van der Waals surface area contributed by atoms with E-state index in [9.17, 15) is 4.79 Å². The van der Waals surface area contributed by atoms with Crippen LogP contribution in [0.25, 0.3) is 0 Å². The molecule has 6 heteroatoms. The molecule has 1 aromatic heterocycles. The number of carbonyl (C=O) groups excluding carboxylic acids is 1. The summed E-state index contributed by atoms with van der Waals surface area (Å²) in [5, 5.41) is 3.09. The van der Waals surface area contributed by atoms with Crippen LogP contribution in [0.3, 0.4) is 0 Å². The van der Waals surface area contributed by atoms with Gasteiger partial charge in [0.05, 0.1) is 18.6 Å². The number of hydrogen-bond acceptors (Lipinski definition) is 4. The van der Waals surface area contributed by atoms with Crippen LogP contribution in [-0.2, 0) is 16.0 Å². The Bertz CT molecular complexity index is 340. The summed E-state index contributed by atoms with van der Waals surface area (Å²) in [5.74, 6) is -0.249. The van der Waals surface area contributed by atoms with E-state index in [1.54, 1.807) is 13.3 Å². The molecule has 1 aliphatic heterocycles. The fraction of sp³-hybridized carbons (Fsp3) is 0.556. The van der Waals surface area contributed by atoms with Crippen molar-refractivity contribution in [1.82, 2.24) is 15.3 Å². The number of H-pyrrole nitrogens is 1. The molecular formula is C9H14ClN3O2. The summed E-state index contributed by atoms with van der Waals surface area (Å²) in [6.07, 6.45) is 2.50. The average molecular weight is 232 g/mol. The van der Waals surface area contributed by atoms with E-state index in [4.69, 9.17) is 4.74 Å². The zero-order chi connectivity index (χ0) is 9.97. The monoisotopic (exact) mass is 231 g/mol. The molecule has 0 saturated carbocycles. The van der Waals surface area contributed by atoms with Crippen LogP contribution in [0.2, 0.25) is 0 Å². The van der Waals surface area contributed by atoms with Gasteiger partial charge in [-0.2, -0.15) is 0 Å². The molecule has 0 spiro atoms. The first-order valence-electron chi connectivity index (χ1n) is 4.75. The summed E-state index contributed by atoms with van der Waals surface area (Å²) in [6.45, 7) is 2.97. The van der Waals surface area contributed by atoms with Crippen LogP contribution in [-0.4, -0.2) is 29.1 Å². The summed E-state index contributed by atoms with van der Waals surface area (Å²) in [6, 6.07) is -0.398. The number of ether oxygens (including phenoxy) is 1. The Morgan fingerprint density at radius 2 is 2.53 bits per heavy atom. The Balaban J connectivity index is 0.00000112. The molecule has 5 nitrogen and oxygen atoms in total. The number of aromatic amines is 1. The first kappa shape index (κ1) is 12.0. The van der Waals surface area contributed by atoms with Crippen molar-refractivity contribution in [2.45, 2.75) is 19.4 Å². The maximum Gasteiger partial charge on any atom is 0.329 e. The normalized spacial score (nSPS) is 18.9. The number of esters is 1. The molecular weight excluding hydrogens is 218 g/mol. The van der Waals surface area contributed by atoms with E-state index >= 15 is 0 Å². The maximum atomic E-state index is 11.5. The largest absolute Gasteiger partial charge is 0.465 e. The van der Waals surface area contributed by atoms with Gasteiger partial charge in [0.1, 0.15) is 0 Å². The molecule has 0 amide bonds. The fourth-order valence-corrected chi connectivity index (χ4v) is 1.64. The molecule has 0 fully saturated rings. The summed E-state index contributed by atoms with van der Waals surface area (Å²) in [5.41, 5.74) is 1.80. The zero-order valence-electron chi connectivity index (χ0n) is 8.45. The molecule has 1 unspecified atom stereocenters. The van der Waals surface area contributed by atoms with Gasteiger partial charge in [-0.25, -0.2) is 9.78 Å². The molecule has 2 N–H and O–H groups in total. The molecule has 0 aromatic carbocycles. The molecule has 0 bridgehead atoms. The number of aromatic nitrogens is 2. The number of imidazole rings is 1. The molecule has 84 valence electrons. The van der Waals surface area contributed by atoms with E-state index < -0.39 is 6.04 Å². The molecule has 15 heavy (non-hydrogen) atoms. The molecule has 0 saturated heterocycles. The number of rotatable bonds is 2. The highest BCUT2D eigenvalue weighted by atomic mass is 35.5. The van der Waals surface area contributed by atoms with Crippen molar-refractivity contribution in [3.8, 4) is 0 Å². The standard InChI is InChI=1S/C9H13N3O2.ClH/c1-2-14-9(13)8-7-6(3-4-10-8)11-5-12-7;/h5,8,10H,2-4H2,1H3,(H,11,12);1H. The van der Waals surface area contributed by atoms with Gasteiger partial charge in [-0.05, 0) is 6.92 Å². The van der Waals surface area contributed by atoms with E-state index in [2.05, 4.69) is 15.3 Å². The lowest BCUT2D eigenvalue weighted by molar-refractivity contribution is -0.146. The van der Waals surface area contributed by atoms with Crippen molar-refractivity contribution in [1.29, 1.82) is 0 Å². The van der Waals surface area contributed by atoms with E-state index in [1.165, 1.54) is 0 Å². The molecule has 0 aliphatic carbocycles. The Labute approximate surface area is 94.0 Å². The fourth-order valence-electron chi connectivity index (χ4n) is 1.64. The van der Waals surface area contributed by atoms with E-state index in [0.717, 1.165) is 24.4 Å². The zero-order valence-corrected chi connectivity index (χ0v) is 9.26. The van der Waals surface area contributed by atoms with Crippen molar-refractivity contribution in [2.75, 3.05) is 13.2 Å². The molecule has 1 aliphatic rings. The molecule has 2 heterocycles. The van der Waals surface area contributed by atoms with E-state index in [1.807, 2.05) is 0 Å². The molecule has 2 rings (SSSR count). The van der Waals surface area contributed by atoms with Crippen molar-refractivity contribution in [3.63, 3.8) is 0 Å². The minimum atomic E-state index is -0.398. The quantitative estimate of drug-likeness (QED) is 0.731. The topological polar surface area (TPSA) is 67.0 Å². The number of carbonyl (C=O) groups is 1. The summed E-state index contributed by atoms with van der Waals surface area (Å²) in [4.78, 5) is 18.7. The van der Waals surface area contributed by atoms with Gasteiger partial charge in [-0.1, -0.05) is 0 Å². The third kappa shape index (κ3) is 2.30. The third-order valence-electron chi connectivity index (χ3n) is 2.27. The number of nitrogens with zero attached hydrogens (tertiary/aromatic N) is 1. The van der Waals surface area contributed by atoms with Gasteiger partial charge in [-0.15, -0.1) is 12.4 Å². The second kappa shape index (κ2) is 5.14. The number of nitrogens with one attached hydrogen (secondary N) is 2. The van der Waals surface area contributed by atoms with Crippen molar-refractivity contribution >= 4 is 18.4 Å².